The molecular weight excluding hydrogens is 506 g/mol. The Morgan fingerprint density at radius 1 is 0.756 bits per heavy atom. The molecule has 0 amide bonds. The second kappa shape index (κ2) is 10.3. The van der Waals surface area contributed by atoms with Crippen molar-refractivity contribution in [2.75, 3.05) is 4.90 Å². The van der Waals surface area contributed by atoms with Gasteiger partial charge >= 0.3 is 0 Å². The topological polar surface area (TPSA) is 85.8 Å². The monoisotopic (exact) mass is 529 g/mol. The number of benzene rings is 4. The maximum absolute atomic E-state index is 9.13. The fourth-order valence-electron chi connectivity index (χ4n) is 5.25. The highest BCUT2D eigenvalue weighted by atomic mass is 16.5. The summed E-state index contributed by atoms with van der Waals surface area (Å²) in [4.78, 5) is 10.9. The Kier molecular flexibility index (Phi) is 6.36. The molecule has 4 aromatic carbocycles. The lowest BCUT2D eigenvalue weighted by atomic mass is 10.0. The first-order chi connectivity index (χ1) is 20.1. The number of allylic oxidation sites excluding steroid dienone is 2. The van der Waals surface area contributed by atoms with Gasteiger partial charge in [0, 0.05) is 22.2 Å². The number of aryl methyl sites for hydroxylation is 1. The molecule has 0 N–H and O–H groups in total. The summed E-state index contributed by atoms with van der Waals surface area (Å²) < 4.78 is 5.88. The van der Waals surface area contributed by atoms with Crippen molar-refractivity contribution in [2.45, 2.75) is 6.92 Å². The second-order valence-corrected chi connectivity index (χ2v) is 9.40. The van der Waals surface area contributed by atoms with Gasteiger partial charge in [-0.15, -0.1) is 0 Å². The Bertz CT molecular complexity index is 1950. The van der Waals surface area contributed by atoms with Crippen molar-refractivity contribution in [3.8, 4) is 40.4 Å². The van der Waals surface area contributed by atoms with Crippen LogP contribution in [0, 0.1) is 29.6 Å². The standard InChI is InChI=1S/C18H15NO.C17H8N4/c1-3-15-17(4-2)20-18-13-9-8-12-16(18)19(15)14-10-6-5-7-11-14;1-9-5-6-12-15-10(9)3-2-4-11(15)16-17(12)21-14(8-19)13(7-18)20-16/h3-13H,1-2H2;2-6H,1H3. The molecule has 6 nitrogen and oxygen atoms in total. The summed E-state index contributed by atoms with van der Waals surface area (Å²) in [7, 11) is 0. The normalized spacial score (nSPS) is 12.2. The van der Waals surface area contributed by atoms with Gasteiger partial charge in [-0.05, 0) is 54.3 Å². The average molecular weight is 530 g/mol. The molecule has 1 aromatic heterocycles. The van der Waals surface area contributed by atoms with E-state index in [1.807, 2.05) is 78.9 Å². The van der Waals surface area contributed by atoms with Crippen LogP contribution in [0.5, 0.6) is 5.75 Å². The van der Waals surface area contributed by atoms with Gasteiger partial charge in [0.05, 0.1) is 22.8 Å². The van der Waals surface area contributed by atoms with Crippen LogP contribution in [0.15, 0.2) is 122 Å². The summed E-state index contributed by atoms with van der Waals surface area (Å²) in [6.45, 7) is 9.79. The van der Waals surface area contributed by atoms with E-state index in [0.717, 1.165) is 44.7 Å². The van der Waals surface area contributed by atoms with Crippen LogP contribution >= 0.6 is 0 Å². The van der Waals surface area contributed by atoms with E-state index >= 15 is 0 Å². The molecule has 41 heavy (non-hydrogen) atoms. The lowest BCUT2D eigenvalue weighted by Gasteiger charge is -2.33. The maximum Gasteiger partial charge on any atom is 0.177 e. The van der Waals surface area contributed by atoms with E-state index in [1.54, 1.807) is 12.2 Å². The van der Waals surface area contributed by atoms with Crippen molar-refractivity contribution < 1.29 is 4.74 Å². The zero-order valence-corrected chi connectivity index (χ0v) is 22.3. The molecule has 0 saturated carbocycles. The SMILES string of the molecule is C=CC1=C(C=C)N(c2ccccc2)c2ccccc2O1.Cc1ccc2c3c(cccc13)-c1nc(C#N)c(C#N)nc1-2. The highest BCUT2D eigenvalue weighted by molar-refractivity contribution is 6.14. The molecule has 0 fully saturated rings. The van der Waals surface area contributed by atoms with E-state index in [2.05, 4.69) is 53.1 Å². The van der Waals surface area contributed by atoms with Crippen LogP contribution in [0.4, 0.5) is 11.4 Å². The fraction of sp³-hybridized carbons (Fsp3) is 0.0286. The van der Waals surface area contributed by atoms with Crippen LogP contribution in [0.1, 0.15) is 17.0 Å². The summed E-state index contributed by atoms with van der Waals surface area (Å²) in [5, 5.41) is 20.5. The van der Waals surface area contributed by atoms with E-state index in [9.17, 15) is 0 Å². The van der Waals surface area contributed by atoms with Crippen LogP contribution in [0.25, 0.3) is 33.3 Å². The third-order valence-electron chi connectivity index (χ3n) is 7.09. The Hall–Kier alpha value is -5.98. The Morgan fingerprint density at radius 2 is 1.41 bits per heavy atom. The van der Waals surface area contributed by atoms with Gasteiger partial charge in [-0.1, -0.05) is 73.8 Å². The van der Waals surface area contributed by atoms with Crippen molar-refractivity contribution in [2.24, 2.45) is 0 Å². The first-order valence-electron chi connectivity index (χ1n) is 13.0. The van der Waals surface area contributed by atoms with E-state index in [-0.39, 0.29) is 11.4 Å². The lowest BCUT2D eigenvalue weighted by molar-refractivity contribution is 0.431. The molecule has 0 atom stereocenters. The van der Waals surface area contributed by atoms with Crippen LogP contribution in [-0.4, -0.2) is 9.97 Å². The van der Waals surface area contributed by atoms with Gasteiger partial charge in [-0.25, -0.2) is 9.97 Å². The predicted molar refractivity (Wildman–Crippen MR) is 161 cm³/mol. The zero-order chi connectivity index (χ0) is 28.5. The summed E-state index contributed by atoms with van der Waals surface area (Å²) in [6.07, 6.45) is 3.50. The summed E-state index contributed by atoms with van der Waals surface area (Å²) in [5.41, 5.74) is 7.65. The van der Waals surface area contributed by atoms with Gasteiger partial charge in [0.25, 0.3) is 0 Å². The molecule has 0 bridgehead atoms. The first kappa shape index (κ1) is 25.3. The van der Waals surface area contributed by atoms with E-state index in [0.29, 0.717) is 17.1 Å². The largest absolute Gasteiger partial charge is 0.453 e. The smallest absolute Gasteiger partial charge is 0.177 e. The predicted octanol–water partition coefficient (Wildman–Crippen LogP) is 8.13. The number of para-hydroxylation sites is 3. The molecule has 6 heteroatoms. The van der Waals surface area contributed by atoms with E-state index in [4.69, 9.17) is 15.3 Å². The van der Waals surface area contributed by atoms with Gasteiger partial charge in [0.2, 0.25) is 0 Å². The number of hydrogen-bond donors (Lipinski definition) is 0. The molecule has 0 saturated heterocycles. The minimum Gasteiger partial charge on any atom is -0.453 e. The van der Waals surface area contributed by atoms with Crippen LogP contribution in [0.2, 0.25) is 0 Å². The molecule has 1 aliphatic heterocycles. The molecule has 2 heterocycles. The number of rotatable bonds is 3. The molecule has 0 radical (unpaired) electrons. The number of anilines is 2. The number of ether oxygens (including phenoxy) is 1. The molecule has 2 aliphatic rings. The minimum absolute atomic E-state index is 0.0813. The number of fused-ring (bicyclic) bond motifs is 4. The number of nitrogens with zero attached hydrogens (tertiary/aromatic N) is 5. The Morgan fingerprint density at radius 3 is 2.07 bits per heavy atom. The van der Waals surface area contributed by atoms with Crippen LogP contribution in [-0.2, 0) is 0 Å². The first-order valence-corrected chi connectivity index (χ1v) is 13.0. The molecular formula is C35H23N5O. The van der Waals surface area contributed by atoms with Gasteiger partial charge < -0.3 is 9.64 Å². The summed E-state index contributed by atoms with van der Waals surface area (Å²) in [5.74, 6) is 1.53. The van der Waals surface area contributed by atoms with Crippen molar-refractivity contribution in [1.82, 2.24) is 9.97 Å². The zero-order valence-electron chi connectivity index (χ0n) is 22.3. The van der Waals surface area contributed by atoms with Crippen LogP contribution < -0.4 is 9.64 Å². The number of hydrogen-bond acceptors (Lipinski definition) is 6. The van der Waals surface area contributed by atoms with Gasteiger partial charge in [0.1, 0.15) is 12.1 Å². The third kappa shape index (κ3) is 4.12. The summed E-state index contributed by atoms with van der Waals surface area (Å²) >= 11 is 0. The molecule has 1 aliphatic carbocycles. The molecule has 0 spiro atoms. The van der Waals surface area contributed by atoms with Crippen molar-refractivity contribution in [1.29, 1.82) is 10.5 Å². The number of aromatic nitrogens is 2. The van der Waals surface area contributed by atoms with Gasteiger partial charge in [0.15, 0.2) is 22.9 Å². The maximum atomic E-state index is 9.13. The third-order valence-corrected chi connectivity index (χ3v) is 7.09. The highest BCUT2D eigenvalue weighted by Crippen LogP contribution is 2.46. The average Bonchev–Trinajstić information content (AvgIpc) is 3.35. The number of nitriles is 2. The summed E-state index contributed by atoms with van der Waals surface area (Å²) in [6, 6.07) is 32.1. The second-order valence-electron chi connectivity index (χ2n) is 9.40. The van der Waals surface area contributed by atoms with Crippen LogP contribution in [0.3, 0.4) is 0 Å². The van der Waals surface area contributed by atoms with Crippen molar-refractivity contribution in [3.63, 3.8) is 0 Å². The Labute approximate surface area is 238 Å². The van der Waals surface area contributed by atoms with Crippen molar-refractivity contribution >= 4 is 22.1 Å². The van der Waals surface area contributed by atoms with Crippen molar-refractivity contribution in [3.05, 3.63) is 139 Å². The molecule has 0 unspecified atom stereocenters. The fourth-order valence-corrected chi connectivity index (χ4v) is 5.25. The molecule has 5 aromatic rings. The van der Waals surface area contributed by atoms with Gasteiger partial charge in [-0.3, -0.25) is 0 Å². The lowest BCUT2D eigenvalue weighted by Crippen LogP contribution is -2.22. The van der Waals surface area contributed by atoms with E-state index < -0.39 is 0 Å². The Balaban J connectivity index is 0.000000148. The van der Waals surface area contributed by atoms with Gasteiger partial charge in [-0.2, -0.15) is 10.5 Å². The molecule has 7 rings (SSSR count). The minimum atomic E-state index is 0.0813. The molecule has 194 valence electrons. The quantitative estimate of drug-likeness (QED) is 0.230. The highest BCUT2D eigenvalue weighted by Gasteiger charge is 2.27. The van der Waals surface area contributed by atoms with E-state index in [1.165, 1.54) is 5.56 Å².